The molecule has 5 heteroatoms. The van der Waals surface area contributed by atoms with Crippen LogP contribution in [0.3, 0.4) is 0 Å². The Balaban J connectivity index is 2.64. The number of hydrogen-bond donors (Lipinski definition) is 1. The molecule has 18 heavy (non-hydrogen) atoms. The molecule has 0 bridgehead atoms. The molecule has 0 fully saturated rings. The third kappa shape index (κ3) is 4.56. The highest BCUT2D eigenvalue weighted by molar-refractivity contribution is 9.09. The molecule has 0 aliphatic rings. The lowest BCUT2D eigenvalue weighted by molar-refractivity contribution is -0.120. The van der Waals surface area contributed by atoms with Crippen LogP contribution in [-0.2, 0) is 11.2 Å². The van der Waals surface area contributed by atoms with Gasteiger partial charge in [0.25, 0.3) is 0 Å². The van der Waals surface area contributed by atoms with Gasteiger partial charge in [-0.1, -0.05) is 28.9 Å². The van der Waals surface area contributed by atoms with Gasteiger partial charge in [0.2, 0.25) is 5.91 Å². The Kier molecular flexibility index (Phi) is 5.98. The number of nitrogens with one attached hydrogen (secondary N) is 1. The van der Waals surface area contributed by atoms with Gasteiger partial charge >= 0.3 is 0 Å². The number of ether oxygens (including phenoxy) is 2. The molecular weight excluding hydrogens is 298 g/mol. The van der Waals surface area contributed by atoms with Crippen LogP contribution in [0.15, 0.2) is 18.2 Å². The molecule has 1 amide bonds. The Bertz CT molecular complexity index is 407. The van der Waals surface area contributed by atoms with Gasteiger partial charge in [0, 0.05) is 11.4 Å². The molecule has 0 heterocycles. The first kappa shape index (κ1) is 14.8. The molecule has 0 radical (unpaired) electrons. The Morgan fingerprint density at radius 3 is 2.56 bits per heavy atom. The van der Waals surface area contributed by atoms with Crippen LogP contribution in [0.2, 0.25) is 0 Å². The maximum Gasteiger partial charge on any atom is 0.224 e. The van der Waals surface area contributed by atoms with Crippen LogP contribution in [0.25, 0.3) is 0 Å². The first-order valence-electron chi connectivity index (χ1n) is 5.68. The van der Waals surface area contributed by atoms with Crippen molar-refractivity contribution < 1.29 is 14.3 Å². The van der Waals surface area contributed by atoms with Crippen molar-refractivity contribution in [2.75, 3.05) is 20.8 Å². The molecule has 100 valence electrons. The SMILES string of the molecule is COc1ccc(CC(=O)NCC(C)Br)cc1OC. The minimum absolute atomic E-state index is 0.00600. The molecule has 1 aromatic carbocycles. The van der Waals surface area contributed by atoms with Gasteiger partial charge in [-0.25, -0.2) is 0 Å². The number of amides is 1. The van der Waals surface area contributed by atoms with Gasteiger partial charge in [-0.3, -0.25) is 4.79 Å². The number of rotatable bonds is 6. The fourth-order valence-electron chi connectivity index (χ4n) is 1.49. The summed E-state index contributed by atoms with van der Waals surface area (Å²) in [5.74, 6) is 1.29. The van der Waals surface area contributed by atoms with Crippen LogP contribution in [0.5, 0.6) is 11.5 Å². The van der Waals surface area contributed by atoms with Gasteiger partial charge in [-0.05, 0) is 17.7 Å². The van der Waals surface area contributed by atoms with Gasteiger partial charge in [0.15, 0.2) is 11.5 Å². The van der Waals surface area contributed by atoms with Gasteiger partial charge in [-0.2, -0.15) is 0 Å². The second-order valence-corrected chi connectivity index (χ2v) is 5.51. The zero-order chi connectivity index (χ0) is 13.5. The van der Waals surface area contributed by atoms with E-state index in [1.165, 1.54) is 0 Å². The summed E-state index contributed by atoms with van der Waals surface area (Å²) in [6, 6.07) is 5.48. The molecule has 0 spiro atoms. The average Bonchev–Trinajstić information content (AvgIpc) is 2.36. The first-order chi connectivity index (χ1) is 8.56. The maximum absolute atomic E-state index is 11.7. The summed E-state index contributed by atoms with van der Waals surface area (Å²) in [6.07, 6.45) is 0.333. The van der Waals surface area contributed by atoms with Crippen LogP contribution >= 0.6 is 15.9 Å². The predicted octanol–water partition coefficient (Wildman–Crippen LogP) is 2.15. The number of hydrogen-bond acceptors (Lipinski definition) is 3. The van der Waals surface area contributed by atoms with E-state index >= 15 is 0 Å². The highest BCUT2D eigenvalue weighted by atomic mass is 79.9. The van der Waals surface area contributed by atoms with Crippen molar-refractivity contribution in [2.45, 2.75) is 18.2 Å². The zero-order valence-corrected chi connectivity index (χ0v) is 12.4. The number of halogens is 1. The Hall–Kier alpha value is -1.23. The van der Waals surface area contributed by atoms with Crippen LogP contribution in [-0.4, -0.2) is 31.5 Å². The van der Waals surface area contributed by atoms with Crippen molar-refractivity contribution in [3.05, 3.63) is 23.8 Å². The molecule has 1 atom stereocenters. The fraction of sp³-hybridized carbons (Fsp3) is 0.462. The molecule has 0 aliphatic heterocycles. The summed E-state index contributed by atoms with van der Waals surface area (Å²) in [5, 5.41) is 2.84. The second-order valence-electron chi connectivity index (χ2n) is 3.95. The molecule has 0 saturated heterocycles. The predicted molar refractivity (Wildman–Crippen MR) is 74.6 cm³/mol. The zero-order valence-electron chi connectivity index (χ0n) is 10.8. The quantitative estimate of drug-likeness (QED) is 0.818. The van der Waals surface area contributed by atoms with Crippen LogP contribution in [0.4, 0.5) is 0 Å². The standard InChI is InChI=1S/C13H18BrNO3/c1-9(14)8-15-13(16)7-10-4-5-11(17-2)12(6-10)18-3/h4-6,9H,7-8H2,1-3H3,(H,15,16). The molecule has 1 N–H and O–H groups in total. The average molecular weight is 316 g/mol. The van der Waals surface area contributed by atoms with E-state index in [0.29, 0.717) is 24.5 Å². The summed E-state index contributed by atoms with van der Waals surface area (Å²) in [6.45, 7) is 2.60. The van der Waals surface area contributed by atoms with Crippen molar-refractivity contribution in [1.82, 2.24) is 5.32 Å². The molecule has 0 aliphatic carbocycles. The smallest absolute Gasteiger partial charge is 0.224 e. The van der Waals surface area contributed by atoms with E-state index in [1.54, 1.807) is 20.3 Å². The minimum atomic E-state index is -0.00600. The highest BCUT2D eigenvalue weighted by Crippen LogP contribution is 2.27. The van der Waals surface area contributed by atoms with Gasteiger partial charge in [0.05, 0.1) is 20.6 Å². The van der Waals surface area contributed by atoms with Crippen molar-refractivity contribution in [2.24, 2.45) is 0 Å². The Morgan fingerprint density at radius 2 is 2.00 bits per heavy atom. The maximum atomic E-state index is 11.7. The third-order valence-corrected chi connectivity index (χ3v) is 2.72. The summed E-state index contributed by atoms with van der Waals surface area (Å²) >= 11 is 3.38. The van der Waals surface area contributed by atoms with Gasteiger partial charge in [-0.15, -0.1) is 0 Å². The van der Waals surface area contributed by atoms with Crippen molar-refractivity contribution >= 4 is 21.8 Å². The monoisotopic (exact) mass is 315 g/mol. The molecule has 0 aromatic heterocycles. The normalized spacial score (nSPS) is 11.8. The van der Waals surface area contributed by atoms with E-state index in [0.717, 1.165) is 5.56 Å². The molecule has 1 rings (SSSR count). The fourth-order valence-corrected chi connectivity index (χ4v) is 1.65. The van der Waals surface area contributed by atoms with Crippen molar-refractivity contribution in [3.63, 3.8) is 0 Å². The molecule has 1 unspecified atom stereocenters. The van der Waals surface area contributed by atoms with Gasteiger partial charge in [0.1, 0.15) is 0 Å². The molecule has 4 nitrogen and oxygen atoms in total. The van der Waals surface area contributed by atoms with Crippen LogP contribution in [0, 0.1) is 0 Å². The molecule has 1 aromatic rings. The van der Waals surface area contributed by atoms with E-state index in [2.05, 4.69) is 21.2 Å². The topological polar surface area (TPSA) is 47.6 Å². The number of carbonyl (C=O) groups is 1. The lowest BCUT2D eigenvalue weighted by atomic mass is 10.1. The lowest BCUT2D eigenvalue weighted by Crippen LogP contribution is -2.29. The summed E-state index contributed by atoms with van der Waals surface area (Å²) in [5.41, 5.74) is 0.896. The largest absolute Gasteiger partial charge is 0.493 e. The number of methoxy groups -OCH3 is 2. The second kappa shape index (κ2) is 7.26. The van der Waals surface area contributed by atoms with Gasteiger partial charge < -0.3 is 14.8 Å². The summed E-state index contributed by atoms with van der Waals surface area (Å²) < 4.78 is 10.3. The van der Waals surface area contributed by atoms with E-state index < -0.39 is 0 Å². The minimum Gasteiger partial charge on any atom is -0.493 e. The summed E-state index contributed by atoms with van der Waals surface area (Å²) in [4.78, 5) is 11.9. The Morgan fingerprint density at radius 1 is 1.33 bits per heavy atom. The Labute approximate surface area is 116 Å². The van der Waals surface area contributed by atoms with E-state index in [1.807, 2.05) is 19.1 Å². The summed E-state index contributed by atoms with van der Waals surface area (Å²) in [7, 11) is 3.16. The molecule has 0 saturated carbocycles. The number of alkyl halides is 1. The van der Waals surface area contributed by atoms with Crippen molar-refractivity contribution in [1.29, 1.82) is 0 Å². The third-order valence-electron chi connectivity index (χ3n) is 2.39. The van der Waals surface area contributed by atoms with E-state index in [-0.39, 0.29) is 10.7 Å². The molecular formula is C13H18BrNO3. The van der Waals surface area contributed by atoms with E-state index in [9.17, 15) is 4.79 Å². The first-order valence-corrected chi connectivity index (χ1v) is 6.60. The van der Waals surface area contributed by atoms with E-state index in [4.69, 9.17) is 9.47 Å². The lowest BCUT2D eigenvalue weighted by Gasteiger charge is -2.10. The van der Waals surface area contributed by atoms with Crippen molar-refractivity contribution in [3.8, 4) is 11.5 Å². The number of benzene rings is 1. The van der Waals surface area contributed by atoms with Crippen LogP contribution in [0.1, 0.15) is 12.5 Å². The highest BCUT2D eigenvalue weighted by Gasteiger charge is 2.08. The van der Waals surface area contributed by atoms with Crippen LogP contribution < -0.4 is 14.8 Å². The number of carbonyl (C=O) groups excluding carboxylic acids is 1.